The molecule has 0 aliphatic rings. The van der Waals surface area contributed by atoms with Gasteiger partial charge in [-0.15, -0.1) is 0 Å². The van der Waals surface area contributed by atoms with Gasteiger partial charge in [-0.3, -0.25) is 19.2 Å². The molecule has 5 atom stereocenters. The number of ether oxygens (including phenoxy) is 5. The third-order valence-electron chi connectivity index (χ3n) is 5.50. The van der Waals surface area contributed by atoms with E-state index in [2.05, 4.69) is 43.8 Å². The zero-order valence-electron chi connectivity index (χ0n) is 27.0. The van der Waals surface area contributed by atoms with Crippen molar-refractivity contribution in [3.63, 3.8) is 0 Å². The van der Waals surface area contributed by atoms with Crippen molar-refractivity contribution in [2.24, 2.45) is 0 Å². The van der Waals surface area contributed by atoms with E-state index in [9.17, 15) is 19.2 Å². The Balaban J connectivity index is 5.56. The summed E-state index contributed by atoms with van der Waals surface area (Å²) in [6, 6.07) is 1.50. The predicted molar refractivity (Wildman–Crippen MR) is 157 cm³/mol. The van der Waals surface area contributed by atoms with Crippen molar-refractivity contribution in [3.05, 3.63) is 0 Å². The van der Waals surface area contributed by atoms with Gasteiger partial charge in [-0.05, 0) is 47.5 Å². The van der Waals surface area contributed by atoms with Crippen LogP contribution in [0.2, 0.25) is 0 Å². The number of nitrogens with one attached hydrogen (secondary N) is 1. The molecule has 0 heterocycles. The Morgan fingerprint density at radius 2 is 1.37 bits per heavy atom. The predicted octanol–water partition coefficient (Wildman–Crippen LogP) is 3.37. The van der Waals surface area contributed by atoms with Crippen LogP contribution < -0.4 is 5.32 Å². The molecule has 0 rings (SSSR count). The first-order valence-electron chi connectivity index (χ1n) is 14.4. The molecule has 0 aromatic rings. The third-order valence-corrected chi connectivity index (χ3v) is 7.61. The lowest BCUT2D eigenvalue weighted by atomic mass is 10.2. The summed E-state index contributed by atoms with van der Waals surface area (Å²) in [5.41, 5.74) is 0. The lowest BCUT2D eigenvalue weighted by Crippen LogP contribution is -2.51. The smallest absolute Gasteiger partial charge is 0.302 e. The van der Waals surface area contributed by atoms with Gasteiger partial charge >= 0.3 is 17.9 Å². The van der Waals surface area contributed by atoms with E-state index < -0.39 is 56.9 Å². The fourth-order valence-corrected chi connectivity index (χ4v) is 5.39. The Labute approximate surface area is 256 Å². The molecular weight excluding hydrogens is 585 g/mol. The van der Waals surface area contributed by atoms with Crippen molar-refractivity contribution in [1.82, 2.24) is 9.99 Å². The highest BCUT2D eigenvalue weighted by molar-refractivity contribution is 7.44. The minimum Gasteiger partial charge on any atom is -0.463 e. The summed E-state index contributed by atoms with van der Waals surface area (Å²) in [7, 11) is -1.38. The summed E-state index contributed by atoms with van der Waals surface area (Å²) < 4.78 is 41.7. The Morgan fingerprint density at radius 3 is 1.88 bits per heavy atom. The lowest BCUT2D eigenvalue weighted by molar-refractivity contribution is -0.223. The number of unbranched alkanes of at least 4 members (excludes halogenated alkanes) is 1. The second-order valence-electron chi connectivity index (χ2n) is 10.2. The molecule has 15 heteroatoms. The monoisotopic (exact) mass is 635 g/mol. The molecular formula is C28H50N3O11P. The Bertz CT molecular complexity index is 877. The van der Waals surface area contributed by atoms with Gasteiger partial charge in [-0.25, -0.2) is 4.67 Å². The van der Waals surface area contributed by atoms with E-state index in [1.807, 2.05) is 0 Å². The first-order chi connectivity index (χ1) is 20.2. The van der Waals surface area contributed by atoms with Gasteiger partial charge in [0, 0.05) is 46.4 Å². The fourth-order valence-electron chi connectivity index (χ4n) is 3.76. The zero-order chi connectivity index (χ0) is 32.9. The molecule has 1 amide bonds. The summed E-state index contributed by atoms with van der Waals surface area (Å²) in [6.07, 6.45) is -1.58. The van der Waals surface area contributed by atoms with E-state index in [1.165, 1.54) is 27.7 Å². The molecule has 0 bridgehead atoms. The molecule has 248 valence electrons. The van der Waals surface area contributed by atoms with E-state index in [0.29, 0.717) is 19.4 Å². The van der Waals surface area contributed by atoms with Crippen LogP contribution in [0.25, 0.3) is 0 Å². The molecule has 0 saturated heterocycles. The molecule has 0 aliphatic carbocycles. The first kappa shape index (κ1) is 40.6. The van der Waals surface area contributed by atoms with Crippen LogP contribution in [0.1, 0.15) is 81.6 Å². The molecule has 3 unspecified atom stereocenters. The molecule has 43 heavy (non-hydrogen) atoms. The highest BCUT2D eigenvalue weighted by Crippen LogP contribution is 2.46. The van der Waals surface area contributed by atoms with E-state index in [-0.39, 0.29) is 44.9 Å². The van der Waals surface area contributed by atoms with Crippen LogP contribution in [0.15, 0.2) is 0 Å². The molecule has 14 nitrogen and oxygen atoms in total. The average Bonchev–Trinajstić information content (AvgIpc) is 2.88. The van der Waals surface area contributed by atoms with Gasteiger partial charge in [-0.2, -0.15) is 5.26 Å². The van der Waals surface area contributed by atoms with Gasteiger partial charge in [0.2, 0.25) is 5.91 Å². The second kappa shape index (κ2) is 23.0. The maximum absolute atomic E-state index is 12.0. The fraction of sp³-hybridized carbons (Fsp3) is 0.821. The molecule has 0 aromatic carbocycles. The van der Waals surface area contributed by atoms with Gasteiger partial charge < -0.3 is 38.0 Å². The topological polar surface area (TPSA) is 172 Å². The molecule has 0 aliphatic heterocycles. The number of carbonyl (C=O) groups is 4. The lowest BCUT2D eigenvalue weighted by Gasteiger charge is -2.35. The van der Waals surface area contributed by atoms with Gasteiger partial charge in [0.25, 0.3) is 8.53 Å². The number of hydrogen-bond acceptors (Lipinski definition) is 13. The van der Waals surface area contributed by atoms with Gasteiger partial charge in [0.1, 0.15) is 31.5 Å². The number of nitrogens with zero attached hydrogens (tertiary/aromatic N) is 2. The normalized spacial score (nSPS) is 14.9. The minimum absolute atomic E-state index is 0.164. The summed E-state index contributed by atoms with van der Waals surface area (Å²) in [5, 5.41) is 11.5. The number of esters is 3. The second-order valence-corrected chi connectivity index (χ2v) is 11.7. The van der Waals surface area contributed by atoms with E-state index >= 15 is 0 Å². The summed E-state index contributed by atoms with van der Waals surface area (Å²) >= 11 is 0. The van der Waals surface area contributed by atoms with E-state index in [0.717, 1.165) is 0 Å². The molecule has 0 radical (unpaired) electrons. The van der Waals surface area contributed by atoms with Crippen molar-refractivity contribution in [3.8, 4) is 6.07 Å². The van der Waals surface area contributed by atoms with Crippen molar-refractivity contribution in [1.29, 1.82) is 5.26 Å². The Hall–Kier alpha value is -2.40. The van der Waals surface area contributed by atoms with E-state index in [4.69, 9.17) is 38.0 Å². The first-order valence-corrected chi connectivity index (χ1v) is 15.5. The quantitative estimate of drug-likeness (QED) is 0.0570. The van der Waals surface area contributed by atoms with Crippen LogP contribution in [0.3, 0.4) is 0 Å². The molecule has 1 N–H and O–H groups in total. The van der Waals surface area contributed by atoms with Crippen LogP contribution >= 0.6 is 8.53 Å². The number of amides is 1. The summed E-state index contributed by atoms with van der Waals surface area (Å²) in [6.45, 7) is 15.1. The Morgan fingerprint density at radius 1 is 0.814 bits per heavy atom. The third kappa shape index (κ3) is 19.5. The SMILES string of the molecule is CC(=O)N[C@@H](COC(C)=O)C(OCCCCOP(OCCC#N)N(C(C)C)C(C)C)OC(COC(C)=O)[C@@H](C)OC(C)=O. The van der Waals surface area contributed by atoms with Crippen molar-refractivity contribution in [2.75, 3.05) is 33.0 Å². The van der Waals surface area contributed by atoms with Crippen molar-refractivity contribution < 1.29 is 51.9 Å². The average molecular weight is 636 g/mol. The van der Waals surface area contributed by atoms with Gasteiger partial charge in [0.05, 0.1) is 25.7 Å². The van der Waals surface area contributed by atoms with Crippen LogP contribution in [-0.4, -0.2) is 98.1 Å². The van der Waals surface area contributed by atoms with Crippen molar-refractivity contribution >= 4 is 32.3 Å². The van der Waals surface area contributed by atoms with Crippen molar-refractivity contribution in [2.45, 2.75) is 118 Å². The van der Waals surface area contributed by atoms with Crippen LogP contribution in [0.4, 0.5) is 0 Å². The van der Waals surface area contributed by atoms with Crippen LogP contribution in [0.5, 0.6) is 0 Å². The number of hydrogen-bond donors (Lipinski definition) is 1. The number of rotatable bonds is 23. The van der Waals surface area contributed by atoms with Gasteiger partial charge in [-0.1, -0.05) is 0 Å². The van der Waals surface area contributed by atoms with E-state index in [1.54, 1.807) is 6.92 Å². The molecule has 0 spiro atoms. The number of nitriles is 1. The van der Waals surface area contributed by atoms with Crippen LogP contribution in [0, 0.1) is 11.3 Å². The number of carbonyl (C=O) groups excluding carboxylic acids is 4. The summed E-state index contributed by atoms with van der Waals surface area (Å²) in [5.74, 6) is -2.12. The maximum Gasteiger partial charge on any atom is 0.302 e. The summed E-state index contributed by atoms with van der Waals surface area (Å²) in [4.78, 5) is 46.5. The zero-order valence-corrected chi connectivity index (χ0v) is 27.8. The largest absolute Gasteiger partial charge is 0.463 e. The van der Waals surface area contributed by atoms with Crippen LogP contribution in [-0.2, 0) is 51.9 Å². The Kier molecular flexibility index (Phi) is 21.8. The highest BCUT2D eigenvalue weighted by atomic mass is 31.2. The standard InChI is InChI=1S/C28H50N3O11P/c1-19(2)31(20(3)4)43(40-16-12-13-29)39-15-11-10-14-36-28(26(30-22(6)32)17-37-23(7)33)42-27(18-38-24(8)34)21(5)41-25(9)35/h19-21,26-28H,10-12,14-18H2,1-9H3,(H,30,32)/t21-,26+,27?,28?,43?/m1/s1. The maximum atomic E-state index is 12.0. The molecule has 0 aromatic heterocycles. The highest BCUT2D eigenvalue weighted by Gasteiger charge is 2.32. The van der Waals surface area contributed by atoms with Gasteiger partial charge in [0.15, 0.2) is 6.29 Å². The minimum atomic E-state index is -1.38. The molecule has 0 fully saturated rings. The molecule has 0 saturated carbocycles.